The Labute approximate surface area is 89.4 Å². The van der Waals surface area contributed by atoms with Gasteiger partial charge in [0, 0.05) is 6.20 Å². The molecule has 2 rings (SSSR count). The lowest BCUT2D eigenvalue weighted by Gasteiger charge is -2.14. The second kappa shape index (κ2) is 3.87. The van der Waals surface area contributed by atoms with Crippen LogP contribution in [0.15, 0.2) is 30.7 Å². The van der Waals surface area contributed by atoms with Crippen molar-refractivity contribution in [1.82, 2.24) is 9.97 Å². The molecule has 1 aromatic carbocycles. The van der Waals surface area contributed by atoms with Crippen molar-refractivity contribution in [3.8, 4) is 0 Å². The second-order valence-electron chi connectivity index (χ2n) is 3.77. The Morgan fingerprint density at radius 3 is 2.80 bits per heavy atom. The van der Waals surface area contributed by atoms with E-state index in [1.807, 2.05) is 6.07 Å². The van der Waals surface area contributed by atoms with E-state index in [0.717, 1.165) is 11.3 Å². The average molecular weight is 201 g/mol. The first-order chi connectivity index (χ1) is 7.20. The highest BCUT2D eigenvalue weighted by molar-refractivity contribution is 5.38. The van der Waals surface area contributed by atoms with Gasteiger partial charge in [-0.05, 0) is 30.5 Å². The third-order valence-corrected chi connectivity index (χ3v) is 2.84. The molecule has 15 heavy (non-hydrogen) atoms. The Morgan fingerprint density at radius 2 is 2.13 bits per heavy atom. The van der Waals surface area contributed by atoms with E-state index in [0.29, 0.717) is 0 Å². The zero-order chi connectivity index (χ0) is 10.8. The molecular formula is C12H15N3. The molecule has 0 saturated carbocycles. The topological polar surface area (TPSA) is 54.7 Å². The number of hydrogen-bond acceptors (Lipinski definition) is 2. The van der Waals surface area contributed by atoms with Gasteiger partial charge in [0.15, 0.2) is 0 Å². The molecule has 2 aromatic rings. The summed E-state index contributed by atoms with van der Waals surface area (Å²) < 4.78 is 0. The summed E-state index contributed by atoms with van der Waals surface area (Å²) in [5.74, 6) is 0. The van der Waals surface area contributed by atoms with Crippen LogP contribution < -0.4 is 5.73 Å². The van der Waals surface area contributed by atoms with Gasteiger partial charge in [0.2, 0.25) is 0 Å². The largest absolute Gasteiger partial charge is 0.347 e. The molecule has 3 nitrogen and oxygen atoms in total. The first-order valence-corrected chi connectivity index (χ1v) is 5.00. The molecule has 3 N–H and O–H groups in total. The van der Waals surface area contributed by atoms with Crippen molar-refractivity contribution in [2.24, 2.45) is 5.73 Å². The number of aromatic nitrogens is 2. The molecule has 0 amide bonds. The van der Waals surface area contributed by atoms with Crippen molar-refractivity contribution < 1.29 is 0 Å². The number of imidazole rings is 1. The van der Waals surface area contributed by atoms with Crippen LogP contribution in [0.2, 0.25) is 0 Å². The van der Waals surface area contributed by atoms with Crippen molar-refractivity contribution in [3.63, 3.8) is 0 Å². The fraction of sp³-hybridized carbons (Fsp3) is 0.250. The first kappa shape index (κ1) is 9.93. The zero-order valence-corrected chi connectivity index (χ0v) is 8.99. The fourth-order valence-corrected chi connectivity index (χ4v) is 1.71. The van der Waals surface area contributed by atoms with E-state index >= 15 is 0 Å². The van der Waals surface area contributed by atoms with Crippen molar-refractivity contribution in [2.45, 2.75) is 19.9 Å². The Kier molecular flexibility index (Phi) is 2.56. The van der Waals surface area contributed by atoms with Crippen molar-refractivity contribution >= 4 is 0 Å². The van der Waals surface area contributed by atoms with Crippen molar-refractivity contribution in [2.75, 3.05) is 0 Å². The molecular weight excluding hydrogens is 186 g/mol. The van der Waals surface area contributed by atoms with E-state index in [4.69, 9.17) is 5.73 Å². The molecule has 1 heterocycles. The van der Waals surface area contributed by atoms with Gasteiger partial charge in [0.1, 0.15) is 0 Å². The number of benzene rings is 1. The highest BCUT2D eigenvalue weighted by Gasteiger charge is 2.12. The van der Waals surface area contributed by atoms with E-state index < -0.39 is 0 Å². The van der Waals surface area contributed by atoms with Gasteiger partial charge in [0.25, 0.3) is 0 Å². The Bertz CT molecular complexity index is 446. The number of aromatic amines is 1. The number of hydrogen-bond donors (Lipinski definition) is 2. The zero-order valence-electron chi connectivity index (χ0n) is 8.99. The third-order valence-electron chi connectivity index (χ3n) is 2.84. The molecule has 0 spiro atoms. The lowest BCUT2D eigenvalue weighted by atomic mass is 9.96. The maximum atomic E-state index is 6.16. The predicted molar refractivity (Wildman–Crippen MR) is 60.5 cm³/mol. The van der Waals surface area contributed by atoms with Crippen LogP contribution in [0.5, 0.6) is 0 Å². The molecule has 0 saturated heterocycles. The van der Waals surface area contributed by atoms with E-state index in [2.05, 4.69) is 35.9 Å². The highest BCUT2D eigenvalue weighted by atomic mass is 14.9. The molecule has 0 aliphatic carbocycles. The molecule has 0 unspecified atom stereocenters. The SMILES string of the molecule is Cc1cccc([C@H](N)c2cnc[nH]2)c1C. The summed E-state index contributed by atoms with van der Waals surface area (Å²) in [5, 5.41) is 0. The van der Waals surface area contributed by atoms with Crippen LogP contribution in [0.25, 0.3) is 0 Å². The van der Waals surface area contributed by atoms with Crippen molar-refractivity contribution in [1.29, 1.82) is 0 Å². The van der Waals surface area contributed by atoms with Gasteiger partial charge in [-0.3, -0.25) is 0 Å². The van der Waals surface area contributed by atoms with Crippen LogP contribution in [0.1, 0.15) is 28.4 Å². The summed E-state index contributed by atoms with van der Waals surface area (Å²) >= 11 is 0. The summed E-state index contributed by atoms with van der Waals surface area (Å²) in [7, 11) is 0. The third kappa shape index (κ3) is 1.78. The molecule has 1 atom stereocenters. The van der Waals surface area contributed by atoms with Gasteiger partial charge in [-0.1, -0.05) is 18.2 Å². The minimum absolute atomic E-state index is 0.118. The van der Waals surface area contributed by atoms with Gasteiger partial charge in [-0.15, -0.1) is 0 Å². The normalized spacial score (nSPS) is 12.7. The number of nitrogens with one attached hydrogen (secondary N) is 1. The molecule has 0 aliphatic heterocycles. The van der Waals surface area contributed by atoms with Crippen LogP contribution in [0.4, 0.5) is 0 Å². The predicted octanol–water partition coefficient (Wildman–Crippen LogP) is 2.07. The molecule has 1 aromatic heterocycles. The number of aryl methyl sites for hydroxylation is 1. The van der Waals surface area contributed by atoms with Crippen LogP contribution in [-0.2, 0) is 0 Å². The fourth-order valence-electron chi connectivity index (χ4n) is 1.71. The monoisotopic (exact) mass is 201 g/mol. The van der Waals surface area contributed by atoms with Crippen LogP contribution >= 0.6 is 0 Å². The minimum atomic E-state index is -0.118. The van der Waals surface area contributed by atoms with E-state index in [1.54, 1.807) is 12.5 Å². The van der Waals surface area contributed by atoms with E-state index in [9.17, 15) is 0 Å². The molecule has 78 valence electrons. The van der Waals surface area contributed by atoms with Gasteiger partial charge >= 0.3 is 0 Å². The van der Waals surface area contributed by atoms with E-state index in [-0.39, 0.29) is 6.04 Å². The molecule has 3 heteroatoms. The number of H-pyrrole nitrogens is 1. The smallest absolute Gasteiger partial charge is 0.0922 e. The summed E-state index contributed by atoms with van der Waals surface area (Å²) in [6, 6.07) is 6.08. The van der Waals surface area contributed by atoms with Gasteiger partial charge in [0.05, 0.1) is 18.1 Å². The Balaban J connectivity index is 2.42. The summed E-state index contributed by atoms with van der Waals surface area (Å²) in [6.45, 7) is 4.19. The number of rotatable bonds is 2. The maximum Gasteiger partial charge on any atom is 0.0922 e. The summed E-state index contributed by atoms with van der Waals surface area (Å²) in [5.41, 5.74) is 10.8. The summed E-state index contributed by atoms with van der Waals surface area (Å²) in [4.78, 5) is 7.03. The summed E-state index contributed by atoms with van der Waals surface area (Å²) in [6.07, 6.45) is 3.42. The molecule has 0 radical (unpaired) electrons. The standard InChI is InChI=1S/C12H15N3/c1-8-4-3-5-10(9(8)2)12(13)11-6-14-7-15-11/h3-7,12H,13H2,1-2H3,(H,14,15)/t12-/m0/s1. The van der Waals surface area contributed by atoms with Crippen LogP contribution in [0.3, 0.4) is 0 Å². The Morgan fingerprint density at radius 1 is 1.33 bits per heavy atom. The number of nitrogens with zero attached hydrogens (tertiary/aromatic N) is 1. The van der Waals surface area contributed by atoms with Crippen molar-refractivity contribution in [3.05, 3.63) is 53.1 Å². The maximum absolute atomic E-state index is 6.16. The highest BCUT2D eigenvalue weighted by Crippen LogP contribution is 2.22. The van der Waals surface area contributed by atoms with Gasteiger partial charge in [-0.25, -0.2) is 4.98 Å². The lowest BCUT2D eigenvalue weighted by Crippen LogP contribution is -2.14. The van der Waals surface area contributed by atoms with Crippen LogP contribution in [0, 0.1) is 13.8 Å². The van der Waals surface area contributed by atoms with Gasteiger partial charge in [-0.2, -0.15) is 0 Å². The first-order valence-electron chi connectivity index (χ1n) is 5.00. The average Bonchev–Trinajstić information content (AvgIpc) is 2.74. The number of nitrogens with two attached hydrogens (primary N) is 1. The quantitative estimate of drug-likeness (QED) is 0.781. The molecule has 0 fully saturated rings. The molecule has 0 aliphatic rings. The molecule has 0 bridgehead atoms. The van der Waals surface area contributed by atoms with Gasteiger partial charge < -0.3 is 10.7 Å². The second-order valence-corrected chi connectivity index (χ2v) is 3.77. The Hall–Kier alpha value is -1.61. The lowest BCUT2D eigenvalue weighted by molar-refractivity contribution is 0.828. The van der Waals surface area contributed by atoms with Crippen LogP contribution in [-0.4, -0.2) is 9.97 Å². The van der Waals surface area contributed by atoms with E-state index in [1.165, 1.54) is 11.1 Å². The minimum Gasteiger partial charge on any atom is -0.347 e.